The number of likely N-dealkylation sites (N-methyl/N-ethyl adjacent to an activating group) is 1. The zero-order valence-electron chi connectivity index (χ0n) is 14.2. The Labute approximate surface area is 142 Å². The van der Waals surface area contributed by atoms with E-state index >= 15 is 0 Å². The number of sulfonamides is 1. The molecule has 0 saturated carbocycles. The zero-order chi connectivity index (χ0) is 17.6. The van der Waals surface area contributed by atoms with Gasteiger partial charge in [-0.1, -0.05) is 0 Å². The Kier molecular flexibility index (Phi) is 4.39. The lowest BCUT2D eigenvalue weighted by Gasteiger charge is -2.47. The summed E-state index contributed by atoms with van der Waals surface area (Å²) in [6.07, 6.45) is 2.02. The van der Waals surface area contributed by atoms with Gasteiger partial charge in [0.1, 0.15) is 0 Å². The number of hydrogen-bond donors (Lipinski definition) is 0. The van der Waals surface area contributed by atoms with Gasteiger partial charge >= 0.3 is 0 Å². The van der Waals surface area contributed by atoms with Gasteiger partial charge in [0.15, 0.2) is 0 Å². The van der Waals surface area contributed by atoms with E-state index in [2.05, 4.69) is 4.90 Å². The first kappa shape index (κ1) is 17.3. The summed E-state index contributed by atoms with van der Waals surface area (Å²) in [5.41, 5.74) is 0.641. The van der Waals surface area contributed by atoms with Crippen LogP contribution in [0.4, 0.5) is 5.69 Å². The van der Waals surface area contributed by atoms with Gasteiger partial charge in [0, 0.05) is 31.3 Å². The molecule has 1 atom stereocenters. The van der Waals surface area contributed by atoms with Crippen LogP contribution >= 0.6 is 0 Å². The van der Waals surface area contributed by atoms with Crippen molar-refractivity contribution in [3.63, 3.8) is 0 Å². The highest BCUT2D eigenvalue weighted by Crippen LogP contribution is 2.35. The molecule has 7 nitrogen and oxygen atoms in total. The summed E-state index contributed by atoms with van der Waals surface area (Å²) in [6, 6.07) is 2.90. The first-order valence-electron chi connectivity index (χ1n) is 8.18. The molecule has 0 aliphatic carbocycles. The minimum absolute atomic E-state index is 0.0492. The highest BCUT2D eigenvalue weighted by molar-refractivity contribution is 7.89. The van der Waals surface area contributed by atoms with Crippen molar-refractivity contribution in [2.24, 2.45) is 5.92 Å². The molecule has 4 rings (SSSR count). The summed E-state index contributed by atoms with van der Waals surface area (Å²) in [4.78, 5) is 13.0. The highest BCUT2D eigenvalue weighted by atomic mass is 32.2. The third kappa shape index (κ3) is 2.82. The smallest absolute Gasteiger partial charge is 0.273 e. The molecule has 0 aromatic heterocycles. The van der Waals surface area contributed by atoms with E-state index in [1.165, 1.54) is 23.4 Å². The standard InChI is InChI=1S/C16H23N3O4S/c1-11-8-14(19(20)21)12(2)16(9-11)24(22,23)17(3)15-10-18-6-4-13(15)5-7-18/h8-9,13,15H,4-7,10H2,1-3H3. The van der Waals surface area contributed by atoms with Crippen LogP contribution in [-0.4, -0.2) is 55.3 Å². The summed E-state index contributed by atoms with van der Waals surface area (Å²) in [7, 11) is -2.16. The Morgan fingerprint density at radius 3 is 2.38 bits per heavy atom. The van der Waals surface area contributed by atoms with E-state index in [1.54, 1.807) is 14.0 Å². The number of benzene rings is 1. The molecule has 132 valence electrons. The number of fused-ring (bicyclic) bond motifs is 3. The second kappa shape index (κ2) is 6.09. The second-order valence-corrected chi connectivity index (χ2v) is 8.86. The van der Waals surface area contributed by atoms with E-state index in [9.17, 15) is 18.5 Å². The average Bonchev–Trinajstić information content (AvgIpc) is 2.56. The normalized spacial score (nSPS) is 26.8. The van der Waals surface area contributed by atoms with Crippen LogP contribution in [0.2, 0.25) is 0 Å². The lowest BCUT2D eigenvalue weighted by atomic mass is 9.84. The summed E-state index contributed by atoms with van der Waals surface area (Å²) in [6.45, 7) is 6.00. The molecule has 0 amide bonds. The van der Waals surface area contributed by atoms with Crippen molar-refractivity contribution in [3.05, 3.63) is 33.4 Å². The zero-order valence-corrected chi connectivity index (χ0v) is 15.0. The van der Waals surface area contributed by atoms with Gasteiger partial charge in [0.2, 0.25) is 10.0 Å². The van der Waals surface area contributed by atoms with Crippen LogP contribution in [0.15, 0.2) is 17.0 Å². The lowest BCUT2D eigenvalue weighted by molar-refractivity contribution is -0.385. The predicted molar refractivity (Wildman–Crippen MR) is 90.5 cm³/mol. The van der Waals surface area contributed by atoms with Crippen molar-refractivity contribution in [3.8, 4) is 0 Å². The van der Waals surface area contributed by atoms with Crippen LogP contribution in [0, 0.1) is 29.9 Å². The fourth-order valence-corrected chi connectivity index (χ4v) is 5.68. The molecule has 3 aliphatic rings. The molecule has 0 spiro atoms. The maximum atomic E-state index is 13.1. The number of aryl methyl sites for hydroxylation is 1. The lowest BCUT2D eigenvalue weighted by Crippen LogP contribution is -2.57. The molecule has 1 aromatic rings. The van der Waals surface area contributed by atoms with Crippen LogP contribution < -0.4 is 0 Å². The molecule has 0 radical (unpaired) electrons. The van der Waals surface area contributed by atoms with E-state index in [0.29, 0.717) is 11.5 Å². The Bertz CT molecular complexity index is 770. The third-order valence-electron chi connectivity index (χ3n) is 5.42. The van der Waals surface area contributed by atoms with Gasteiger partial charge in [-0.2, -0.15) is 4.31 Å². The fraction of sp³-hybridized carbons (Fsp3) is 0.625. The molecule has 0 N–H and O–H groups in total. The Morgan fingerprint density at radius 1 is 1.25 bits per heavy atom. The van der Waals surface area contributed by atoms with Crippen LogP contribution in [-0.2, 0) is 10.0 Å². The largest absolute Gasteiger partial charge is 0.302 e. The number of nitrogens with zero attached hydrogens (tertiary/aromatic N) is 3. The van der Waals surface area contributed by atoms with Crippen molar-refractivity contribution in [1.29, 1.82) is 0 Å². The van der Waals surface area contributed by atoms with Crippen molar-refractivity contribution in [2.75, 3.05) is 26.7 Å². The van der Waals surface area contributed by atoms with Gasteiger partial charge in [-0.15, -0.1) is 0 Å². The quantitative estimate of drug-likeness (QED) is 0.610. The molecular weight excluding hydrogens is 330 g/mol. The average molecular weight is 353 g/mol. The Morgan fingerprint density at radius 2 is 1.88 bits per heavy atom. The minimum atomic E-state index is -3.77. The Balaban J connectivity index is 2.00. The molecule has 8 heteroatoms. The summed E-state index contributed by atoms with van der Waals surface area (Å²) in [5, 5.41) is 11.2. The van der Waals surface area contributed by atoms with E-state index in [0.717, 1.165) is 32.5 Å². The number of rotatable bonds is 4. The molecule has 3 fully saturated rings. The molecule has 3 aliphatic heterocycles. The highest BCUT2D eigenvalue weighted by Gasteiger charge is 2.41. The summed E-state index contributed by atoms with van der Waals surface area (Å²) < 4.78 is 27.7. The van der Waals surface area contributed by atoms with Crippen LogP contribution in [0.5, 0.6) is 0 Å². The summed E-state index contributed by atoms with van der Waals surface area (Å²) >= 11 is 0. The molecular formula is C16H23N3O4S. The van der Waals surface area contributed by atoms with E-state index in [4.69, 9.17) is 0 Å². The number of nitro benzene ring substituents is 1. The second-order valence-electron chi connectivity index (χ2n) is 6.89. The maximum absolute atomic E-state index is 13.1. The molecule has 2 bridgehead atoms. The van der Waals surface area contributed by atoms with Gasteiger partial charge in [0.25, 0.3) is 5.69 Å². The van der Waals surface area contributed by atoms with E-state index in [-0.39, 0.29) is 22.2 Å². The van der Waals surface area contributed by atoms with Crippen molar-refractivity contribution < 1.29 is 13.3 Å². The number of nitro groups is 1. The van der Waals surface area contributed by atoms with Crippen molar-refractivity contribution in [2.45, 2.75) is 37.6 Å². The Hall–Kier alpha value is -1.51. The van der Waals surface area contributed by atoms with E-state index in [1.807, 2.05) is 0 Å². The van der Waals surface area contributed by atoms with Crippen molar-refractivity contribution >= 4 is 15.7 Å². The van der Waals surface area contributed by atoms with Crippen molar-refractivity contribution in [1.82, 2.24) is 9.21 Å². The van der Waals surface area contributed by atoms with Crippen LogP contribution in [0.25, 0.3) is 0 Å². The maximum Gasteiger partial charge on any atom is 0.273 e. The van der Waals surface area contributed by atoms with E-state index < -0.39 is 14.9 Å². The SMILES string of the molecule is Cc1cc([N+](=O)[O-])c(C)c(S(=O)(=O)N(C)C2CN3CCC2CC3)c1. The first-order valence-corrected chi connectivity index (χ1v) is 9.62. The monoisotopic (exact) mass is 353 g/mol. The molecule has 1 aromatic carbocycles. The van der Waals surface area contributed by atoms with Crippen LogP contribution in [0.3, 0.4) is 0 Å². The van der Waals surface area contributed by atoms with Gasteiger partial charge in [0.05, 0.1) is 9.82 Å². The predicted octanol–water partition coefficient (Wildman–Crippen LogP) is 1.93. The molecule has 1 unspecified atom stereocenters. The number of piperidine rings is 3. The first-order chi connectivity index (χ1) is 11.2. The summed E-state index contributed by atoms with van der Waals surface area (Å²) in [5.74, 6) is 0.370. The van der Waals surface area contributed by atoms with Crippen LogP contribution in [0.1, 0.15) is 24.0 Å². The number of hydrogen-bond acceptors (Lipinski definition) is 5. The molecule has 3 heterocycles. The fourth-order valence-electron chi connectivity index (χ4n) is 3.94. The van der Waals surface area contributed by atoms with Gasteiger partial charge in [-0.05, 0) is 57.3 Å². The van der Waals surface area contributed by atoms with Gasteiger partial charge in [-0.3, -0.25) is 10.1 Å². The molecule has 3 saturated heterocycles. The topological polar surface area (TPSA) is 83.8 Å². The molecule has 24 heavy (non-hydrogen) atoms. The van der Waals surface area contributed by atoms with Gasteiger partial charge in [-0.25, -0.2) is 8.42 Å². The minimum Gasteiger partial charge on any atom is -0.302 e. The third-order valence-corrected chi connectivity index (χ3v) is 7.43. The van der Waals surface area contributed by atoms with Gasteiger partial charge < -0.3 is 4.90 Å².